The molecule has 1 aliphatic rings. The first-order valence-electron chi connectivity index (χ1n) is 6.73. The normalized spacial score (nSPS) is 19.3. The van der Waals surface area contributed by atoms with Gasteiger partial charge in [0.1, 0.15) is 0 Å². The fourth-order valence-electron chi connectivity index (χ4n) is 2.60. The van der Waals surface area contributed by atoms with E-state index in [9.17, 15) is 4.79 Å². The van der Waals surface area contributed by atoms with E-state index in [-0.39, 0.29) is 11.9 Å². The Kier molecular flexibility index (Phi) is 3.63. The first kappa shape index (κ1) is 13.4. The molecule has 0 bridgehead atoms. The minimum atomic E-state index is -0.00124. The maximum Gasteiger partial charge on any atom is 0.264 e. The van der Waals surface area contributed by atoms with E-state index in [1.807, 2.05) is 43.3 Å². The molecule has 0 saturated carbocycles. The predicted octanol–water partition coefficient (Wildman–Crippen LogP) is 2.61. The van der Waals surface area contributed by atoms with E-state index in [2.05, 4.69) is 10.6 Å². The van der Waals surface area contributed by atoms with Crippen LogP contribution in [-0.4, -0.2) is 35.1 Å². The lowest BCUT2D eigenvalue weighted by Gasteiger charge is -2.35. The number of carbonyl (C=O) groups is 1. The third-order valence-electron chi connectivity index (χ3n) is 3.67. The lowest BCUT2D eigenvalue weighted by molar-refractivity contribution is -0.00437. The topological polar surface area (TPSA) is 34.5 Å². The summed E-state index contributed by atoms with van der Waals surface area (Å²) in [5, 5.41) is 0. The largest absolute Gasteiger partial charge is 0.377 e. The number of thiophene rings is 1. The number of morpholine rings is 1. The summed E-state index contributed by atoms with van der Waals surface area (Å²) in [7, 11) is 2.00. The lowest BCUT2D eigenvalue weighted by Crippen LogP contribution is -2.43. The highest BCUT2D eigenvalue weighted by Crippen LogP contribution is 2.27. The third kappa shape index (κ3) is 2.39. The number of hydrogen-bond acceptors (Lipinski definition) is 3. The average Bonchev–Trinajstić information content (AvgIpc) is 3.07. The van der Waals surface area contributed by atoms with Crippen LogP contribution in [0.2, 0.25) is 0 Å². The number of aromatic nitrogens is 1. The minimum Gasteiger partial charge on any atom is -0.377 e. The van der Waals surface area contributed by atoms with Gasteiger partial charge in [-0.25, -0.2) is 0 Å². The Morgan fingerprint density at radius 2 is 2.25 bits per heavy atom. The first-order chi connectivity index (χ1) is 9.66. The molecule has 20 heavy (non-hydrogen) atoms. The summed E-state index contributed by atoms with van der Waals surface area (Å²) in [6, 6.07) is 7.97. The molecule has 0 N–H and O–H groups in total. The van der Waals surface area contributed by atoms with Gasteiger partial charge in [-0.3, -0.25) is 4.79 Å². The van der Waals surface area contributed by atoms with Crippen LogP contribution in [0.3, 0.4) is 0 Å². The Morgan fingerprint density at radius 1 is 1.40 bits per heavy atom. The Labute approximate surface area is 122 Å². The maximum absolute atomic E-state index is 12.7. The molecule has 1 aliphatic heterocycles. The summed E-state index contributed by atoms with van der Waals surface area (Å²) in [4.78, 5) is 16.6. The van der Waals surface area contributed by atoms with Gasteiger partial charge in [0, 0.05) is 30.4 Å². The lowest BCUT2D eigenvalue weighted by atomic mass is 10.1. The average molecular weight is 290 g/mol. The molecule has 1 atom stereocenters. The van der Waals surface area contributed by atoms with Crippen molar-refractivity contribution in [2.45, 2.75) is 13.0 Å². The van der Waals surface area contributed by atoms with Crippen LogP contribution in [0.25, 0.3) is 0 Å². The van der Waals surface area contributed by atoms with Crippen molar-refractivity contribution in [2.24, 2.45) is 7.05 Å². The molecular formula is C15H18N2O2S. The maximum atomic E-state index is 12.7. The number of ether oxygens (including phenoxy) is 1. The molecule has 4 nitrogen and oxygen atoms in total. The monoisotopic (exact) mass is 290 g/mol. The van der Waals surface area contributed by atoms with Gasteiger partial charge in [0.05, 0.1) is 24.1 Å². The number of amides is 1. The van der Waals surface area contributed by atoms with Gasteiger partial charge >= 0.3 is 0 Å². The van der Waals surface area contributed by atoms with Gasteiger partial charge in [-0.1, -0.05) is 0 Å². The van der Waals surface area contributed by atoms with Crippen LogP contribution in [0.1, 0.15) is 26.3 Å². The molecule has 2 aromatic heterocycles. The second-order valence-corrected chi connectivity index (χ2v) is 6.33. The zero-order valence-corrected chi connectivity index (χ0v) is 12.5. The molecule has 3 heterocycles. The molecule has 1 saturated heterocycles. The summed E-state index contributed by atoms with van der Waals surface area (Å²) in [6.45, 7) is 3.84. The molecule has 1 amide bonds. The summed E-state index contributed by atoms with van der Waals surface area (Å²) >= 11 is 1.55. The van der Waals surface area contributed by atoms with E-state index in [0.717, 1.165) is 15.4 Å². The van der Waals surface area contributed by atoms with Crippen LogP contribution in [0.15, 0.2) is 30.5 Å². The van der Waals surface area contributed by atoms with E-state index in [1.165, 1.54) is 0 Å². The van der Waals surface area contributed by atoms with E-state index in [4.69, 9.17) is 4.74 Å². The quantitative estimate of drug-likeness (QED) is 0.852. The predicted molar refractivity (Wildman–Crippen MR) is 79.1 cm³/mol. The second-order valence-electron chi connectivity index (χ2n) is 5.04. The number of carbonyl (C=O) groups excluding carboxylic acids is 1. The Bertz CT molecular complexity index is 617. The van der Waals surface area contributed by atoms with Crippen LogP contribution >= 0.6 is 11.3 Å². The van der Waals surface area contributed by atoms with Gasteiger partial charge in [-0.15, -0.1) is 11.3 Å². The molecule has 5 heteroatoms. The number of aryl methyl sites for hydroxylation is 2. The van der Waals surface area contributed by atoms with Gasteiger partial charge in [0.2, 0.25) is 0 Å². The van der Waals surface area contributed by atoms with E-state index >= 15 is 0 Å². The molecule has 0 spiro atoms. The van der Waals surface area contributed by atoms with Gasteiger partial charge in [-0.2, -0.15) is 0 Å². The van der Waals surface area contributed by atoms with Crippen molar-refractivity contribution in [3.8, 4) is 0 Å². The molecular weight excluding hydrogens is 272 g/mol. The van der Waals surface area contributed by atoms with Crippen molar-refractivity contribution in [2.75, 3.05) is 19.8 Å². The van der Waals surface area contributed by atoms with E-state index in [1.54, 1.807) is 11.3 Å². The summed E-state index contributed by atoms with van der Waals surface area (Å²) in [5.41, 5.74) is 1.12. The smallest absolute Gasteiger partial charge is 0.264 e. The standard InChI is InChI=1S/C15H18N2O2S/c1-11-5-6-14(20-11)15(18)17-8-9-19-10-13(17)12-4-3-7-16(12)2/h3-7,13H,8-10H2,1-2H3. The van der Waals surface area contributed by atoms with Crippen molar-refractivity contribution in [3.05, 3.63) is 45.9 Å². The van der Waals surface area contributed by atoms with Crippen LogP contribution in [0.4, 0.5) is 0 Å². The Hall–Kier alpha value is -1.59. The van der Waals surface area contributed by atoms with Crippen molar-refractivity contribution in [1.82, 2.24) is 9.47 Å². The van der Waals surface area contributed by atoms with Crippen molar-refractivity contribution in [3.63, 3.8) is 0 Å². The SMILES string of the molecule is Cc1ccc(C(=O)N2CCOCC2c2cccn2C)s1. The molecule has 3 rings (SSSR count). The van der Waals surface area contributed by atoms with Gasteiger partial charge in [0.15, 0.2) is 0 Å². The molecule has 0 aromatic carbocycles. The number of hydrogen-bond donors (Lipinski definition) is 0. The van der Waals surface area contributed by atoms with Crippen molar-refractivity contribution in [1.29, 1.82) is 0 Å². The van der Waals surface area contributed by atoms with Gasteiger partial charge < -0.3 is 14.2 Å². The zero-order valence-electron chi connectivity index (χ0n) is 11.7. The van der Waals surface area contributed by atoms with Gasteiger partial charge in [-0.05, 0) is 31.2 Å². The van der Waals surface area contributed by atoms with Crippen LogP contribution in [0, 0.1) is 6.92 Å². The Morgan fingerprint density at radius 3 is 2.90 bits per heavy atom. The third-order valence-corrected chi connectivity index (χ3v) is 4.65. The van der Waals surface area contributed by atoms with Gasteiger partial charge in [0.25, 0.3) is 5.91 Å². The zero-order chi connectivity index (χ0) is 14.1. The van der Waals surface area contributed by atoms with Crippen LogP contribution in [-0.2, 0) is 11.8 Å². The fourth-order valence-corrected chi connectivity index (χ4v) is 3.43. The number of rotatable bonds is 2. The van der Waals surface area contributed by atoms with Crippen LogP contribution in [0.5, 0.6) is 0 Å². The molecule has 0 radical (unpaired) electrons. The highest BCUT2D eigenvalue weighted by atomic mass is 32.1. The highest BCUT2D eigenvalue weighted by Gasteiger charge is 2.31. The highest BCUT2D eigenvalue weighted by molar-refractivity contribution is 7.13. The van der Waals surface area contributed by atoms with Crippen molar-refractivity contribution >= 4 is 17.2 Å². The molecule has 2 aromatic rings. The first-order valence-corrected chi connectivity index (χ1v) is 7.55. The summed E-state index contributed by atoms with van der Waals surface area (Å²) < 4.78 is 7.63. The van der Waals surface area contributed by atoms with E-state index < -0.39 is 0 Å². The molecule has 106 valence electrons. The van der Waals surface area contributed by atoms with Crippen LogP contribution < -0.4 is 0 Å². The molecule has 0 aliphatic carbocycles. The fraction of sp³-hybridized carbons (Fsp3) is 0.400. The molecule has 1 fully saturated rings. The second kappa shape index (κ2) is 5.42. The summed E-state index contributed by atoms with van der Waals surface area (Å²) in [5.74, 6) is 0.109. The number of nitrogens with zero attached hydrogens (tertiary/aromatic N) is 2. The minimum absolute atomic E-state index is 0.00124. The van der Waals surface area contributed by atoms with E-state index in [0.29, 0.717) is 19.8 Å². The molecule has 1 unspecified atom stereocenters. The Balaban J connectivity index is 1.89. The van der Waals surface area contributed by atoms with Crippen molar-refractivity contribution < 1.29 is 9.53 Å². The summed E-state index contributed by atoms with van der Waals surface area (Å²) in [6.07, 6.45) is 2.00.